The summed E-state index contributed by atoms with van der Waals surface area (Å²) in [5.41, 5.74) is 1.00. The average molecular weight is 299 g/mol. The first-order valence-electron chi connectivity index (χ1n) is 6.94. The van der Waals surface area contributed by atoms with E-state index in [9.17, 15) is 4.79 Å². The molecule has 0 radical (unpaired) electrons. The Morgan fingerprint density at radius 2 is 2.32 bits per heavy atom. The highest BCUT2D eigenvalue weighted by Gasteiger charge is 2.36. The van der Waals surface area contributed by atoms with Crippen molar-refractivity contribution in [3.63, 3.8) is 0 Å². The van der Waals surface area contributed by atoms with Gasteiger partial charge in [0.2, 0.25) is 0 Å². The number of nitrogens with zero attached hydrogens (tertiary/aromatic N) is 1. The van der Waals surface area contributed by atoms with E-state index in [1.165, 1.54) is 24.2 Å². The molecule has 104 valence electrons. The molecule has 1 amide bonds. The summed E-state index contributed by atoms with van der Waals surface area (Å²) in [6.07, 6.45) is 4.67. The Bertz CT molecular complexity index is 478. The van der Waals surface area contributed by atoms with E-state index in [-0.39, 0.29) is 5.91 Å². The van der Waals surface area contributed by atoms with Crippen LogP contribution in [0.5, 0.6) is 0 Å². The molecule has 5 heteroatoms. The maximum Gasteiger partial charge on any atom is 0.265 e. The molecular formula is C14H19ClN2OS. The minimum atomic E-state index is 0.124. The summed E-state index contributed by atoms with van der Waals surface area (Å²) < 4.78 is 0. The van der Waals surface area contributed by atoms with Crippen LogP contribution in [0.4, 0.5) is 0 Å². The van der Waals surface area contributed by atoms with Crippen LogP contribution in [0.2, 0.25) is 5.02 Å². The number of hydrogen-bond acceptors (Lipinski definition) is 3. The molecule has 1 aliphatic carbocycles. The Morgan fingerprint density at radius 3 is 2.84 bits per heavy atom. The molecule has 0 aromatic carbocycles. The third-order valence-electron chi connectivity index (χ3n) is 3.92. The SMILES string of the molecule is Cc1csc(C(=O)N(CC2CCCN2)C2CC2)c1Cl. The van der Waals surface area contributed by atoms with Crippen LogP contribution in [-0.2, 0) is 0 Å². The van der Waals surface area contributed by atoms with Gasteiger partial charge in [-0.15, -0.1) is 11.3 Å². The quantitative estimate of drug-likeness (QED) is 0.926. The summed E-state index contributed by atoms with van der Waals surface area (Å²) in [5.74, 6) is 0.124. The molecule has 0 bridgehead atoms. The molecule has 1 saturated carbocycles. The smallest absolute Gasteiger partial charge is 0.265 e. The van der Waals surface area contributed by atoms with Gasteiger partial charge in [0.1, 0.15) is 4.88 Å². The second kappa shape index (κ2) is 5.43. The van der Waals surface area contributed by atoms with Gasteiger partial charge in [-0.1, -0.05) is 11.6 Å². The highest BCUT2D eigenvalue weighted by Crippen LogP contribution is 2.33. The molecule has 1 aromatic rings. The Balaban J connectivity index is 1.75. The summed E-state index contributed by atoms with van der Waals surface area (Å²) >= 11 is 7.71. The molecule has 1 aliphatic heterocycles. The van der Waals surface area contributed by atoms with Crippen molar-refractivity contribution in [3.8, 4) is 0 Å². The van der Waals surface area contributed by atoms with E-state index in [0.717, 1.165) is 31.5 Å². The Morgan fingerprint density at radius 1 is 1.53 bits per heavy atom. The normalized spacial score (nSPS) is 22.7. The predicted molar refractivity (Wildman–Crippen MR) is 79.1 cm³/mol. The topological polar surface area (TPSA) is 32.3 Å². The van der Waals surface area contributed by atoms with Crippen LogP contribution < -0.4 is 5.32 Å². The summed E-state index contributed by atoms with van der Waals surface area (Å²) in [4.78, 5) is 15.4. The molecule has 1 atom stereocenters. The maximum atomic E-state index is 12.7. The van der Waals surface area contributed by atoms with Crippen molar-refractivity contribution in [1.29, 1.82) is 0 Å². The zero-order chi connectivity index (χ0) is 13.4. The van der Waals surface area contributed by atoms with Crippen LogP contribution in [0.1, 0.15) is 40.9 Å². The van der Waals surface area contributed by atoms with Crippen molar-refractivity contribution in [2.75, 3.05) is 13.1 Å². The summed E-state index contributed by atoms with van der Waals surface area (Å²) in [6, 6.07) is 0.901. The lowest BCUT2D eigenvalue weighted by molar-refractivity contribution is 0.0733. The van der Waals surface area contributed by atoms with Gasteiger partial charge in [0.05, 0.1) is 5.02 Å². The molecule has 2 heterocycles. The standard InChI is InChI=1S/C14H19ClN2OS/c1-9-8-19-13(12(9)15)14(18)17(11-4-5-11)7-10-3-2-6-16-10/h8,10-11,16H,2-7H2,1H3. The molecule has 0 spiro atoms. The lowest BCUT2D eigenvalue weighted by atomic mass is 10.2. The van der Waals surface area contributed by atoms with Crippen molar-refractivity contribution in [2.24, 2.45) is 0 Å². The molecule has 1 saturated heterocycles. The highest BCUT2D eigenvalue weighted by atomic mass is 35.5. The van der Waals surface area contributed by atoms with Gasteiger partial charge >= 0.3 is 0 Å². The molecule has 2 aliphatic rings. The number of amides is 1. The average Bonchev–Trinajstić information content (AvgIpc) is 3.01. The molecule has 19 heavy (non-hydrogen) atoms. The number of rotatable bonds is 4. The third-order valence-corrected chi connectivity index (χ3v) is 5.61. The number of halogens is 1. The van der Waals surface area contributed by atoms with Crippen molar-refractivity contribution < 1.29 is 4.79 Å². The van der Waals surface area contributed by atoms with Crippen molar-refractivity contribution >= 4 is 28.8 Å². The molecule has 2 fully saturated rings. The van der Waals surface area contributed by atoms with Crippen LogP contribution in [0.15, 0.2) is 5.38 Å². The van der Waals surface area contributed by atoms with Crippen LogP contribution in [0, 0.1) is 6.92 Å². The van der Waals surface area contributed by atoms with Crippen LogP contribution in [0.3, 0.4) is 0 Å². The fraction of sp³-hybridized carbons (Fsp3) is 0.643. The molecule has 1 aromatic heterocycles. The van der Waals surface area contributed by atoms with E-state index < -0.39 is 0 Å². The Hall–Kier alpha value is -0.580. The van der Waals surface area contributed by atoms with Crippen LogP contribution in [-0.4, -0.2) is 36.0 Å². The molecule has 3 rings (SSSR count). The Labute approximate surface area is 122 Å². The van der Waals surface area contributed by atoms with E-state index in [1.807, 2.05) is 17.2 Å². The van der Waals surface area contributed by atoms with Gasteiger partial charge in [-0.25, -0.2) is 0 Å². The van der Waals surface area contributed by atoms with E-state index in [2.05, 4.69) is 5.32 Å². The first-order valence-corrected chi connectivity index (χ1v) is 8.20. The minimum absolute atomic E-state index is 0.124. The lowest BCUT2D eigenvalue weighted by Crippen LogP contribution is -2.42. The van der Waals surface area contributed by atoms with Crippen LogP contribution >= 0.6 is 22.9 Å². The van der Waals surface area contributed by atoms with Crippen molar-refractivity contribution in [3.05, 3.63) is 20.8 Å². The molecule has 3 nitrogen and oxygen atoms in total. The first-order chi connectivity index (χ1) is 9.16. The number of thiophene rings is 1. The molecule has 1 N–H and O–H groups in total. The fourth-order valence-corrected chi connectivity index (χ4v) is 3.87. The fourth-order valence-electron chi connectivity index (χ4n) is 2.64. The van der Waals surface area contributed by atoms with Gasteiger partial charge in [0.15, 0.2) is 0 Å². The number of hydrogen-bond donors (Lipinski definition) is 1. The number of aryl methyl sites for hydroxylation is 1. The second-order valence-corrected chi connectivity index (χ2v) is 6.80. The van der Waals surface area contributed by atoms with Gasteiger partial charge in [-0.2, -0.15) is 0 Å². The van der Waals surface area contributed by atoms with Gasteiger partial charge < -0.3 is 10.2 Å². The second-order valence-electron chi connectivity index (χ2n) is 5.54. The maximum absolute atomic E-state index is 12.7. The van der Waals surface area contributed by atoms with E-state index >= 15 is 0 Å². The minimum Gasteiger partial charge on any atom is -0.333 e. The lowest BCUT2D eigenvalue weighted by Gasteiger charge is -2.25. The number of carbonyl (C=O) groups is 1. The van der Waals surface area contributed by atoms with Crippen molar-refractivity contribution in [1.82, 2.24) is 10.2 Å². The largest absolute Gasteiger partial charge is 0.333 e. The van der Waals surface area contributed by atoms with Gasteiger partial charge in [0.25, 0.3) is 5.91 Å². The van der Waals surface area contributed by atoms with E-state index in [0.29, 0.717) is 22.0 Å². The highest BCUT2D eigenvalue weighted by molar-refractivity contribution is 7.13. The summed E-state index contributed by atoms with van der Waals surface area (Å²) in [5, 5.41) is 6.08. The third kappa shape index (κ3) is 2.81. The number of nitrogens with one attached hydrogen (secondary N) is 1. The van der Waals surface area contributed by atoms with Gasteiger partial charge in [-0.05, 0) is 50.1 Å². The van der Waals surface area contributed by atoms with Crippen LogP contribution in [0.25, 0.3) is 0 Å². The van der Waals surface area contributed by atoms with E-state index in [4.69, 9.17) is 11.6 Å². The molecular weight excluding hydrogens is 280 g/mol. The van der Waals surface area contributed by atoms with Crippen molar-refractivity contribution in [2.45, 2.75) is 44.7 Å². The zero-order valence-corrected chi connectivity index (χ0v) is 12.7. The molecule has 1 unspecified atom stereocenters. The van der Waals surface area contributed by atoms with E-state index in [1.54, 1.807) is 0 Å². The zero-order valence-electron chi connectivity index (χ0n) is 11.1. The summed E-state index contributed by atoms with van der Waals surface area (Å²) in [7, 11) is 0. The van der Waals surface area contributed by atoms with Gasteiger partial charge in [-0.3, -0.25) is 4.79 Å². The monoisotopic (exact) mass is 298 g/mol. The Kier molecular flexibility index (Phi) is 3.83. The first kappa shape index (κ1) is 13.4. The predicted octanol–water partition coefficient (Wildman–Crippen LogP) is 3.07. The number of carbonyl (C=O) groups excluding carboxylic acids is 1. The summed E-state index contributed by atoms with van der Waals surface area (Å²) in [6.45, 7) is 3.86. The van der Waals surface area contributed by atoms with Gasteiger partial charge in [0, 0.05) is 18.6 Å².